The molecule has 4 aromatic rings. The number of fused-ring (bicyclic) bond motifs is 1. The zero-order valence-electron chi connectivity index (χ0n) is 12.7. The summed E-state index contributed by atoms with van der Waals surface area (Å²) in [6.07, 6.45) is 0. The molecule has 0 saturated carbocycles. The first-order chi connectivity index (χ1) is 11.6. The van der Waals surface area contributed by atoms with E-state index in [0.717, 1.165) is 10.6 Å². The van der Waals surface area contributed by atoms with Crippen LogP contribution in [0.2, 0.25) is 0 Å². The molecular formula is C18H12N2O3S. The Morgan fingerprint density at radius 2 is 1.96 bits per heavy atom. The molecule has 0 aliphatic heterocycles. The predicted molar refractivity (Wildman–Crippen MR) is 92.2 cm³/mol. The molecule has 2 aromatic carbocycles. The molecule has 0 radical (unpaired) electrons. The fraction of sp³-hybridized carbons (Fsp3) is 0.0556. The molecule has 0 aliphatic rings. The van der Waals surface area contributed by atoms with Crippen LogP contribution in [0.1, 0.15) is 15.9 Å². The van der Waals surface area contributed by atoms with Crippen molar-refractivity contribution >= 4 is 28.3 Å². The van der Waals surface area contributed by atoms with Crippen molar-refractivity contribution in [2.24, 2.45) is 0 Å². The Hall–Kier alpha value is -2.99. The van der Waals surface area contributed by atoms with E-state index >= 15 is 0 Å². The number of rotatable bonds is 3. The molecular weight excluding hydrogens is 324 g/mol. The van der Waals surface area contributed by atoms with E-state index in [2.05, 4.69) is 10.1 Å². The molecule has 4 rings (SSSR count). The van der Waals surface area contributed by atoms with Crippen molar-refractivity contribution in [3.05, 3.63) is 59.0 Å². The molecule has 6 heteroatoms. The minimum absolute atomic E-state index is 0.195. The quantitative estimate of drug-likeness (QED) is 0.590. The molecule has 0 fully saturated rings. The number of benzene rings is 2. The Morgan fingerprint density at radius 1 is 1.17 bits per heavy atom. The van der Waals surface area contributed by atoms with Gasteiger partial charge in [0.05, 0.1) is 10.9 Å². The zero-order valence-corrected chi connectivity index (χ0v) is 13.5. The van der Waals surface area contributed by atoms with E-state index in [1.807, 2.05) is 36.6 Å². The predicted octanol–water partition coefficient (Wildman–Crippen LogP) is 4.62. The summed E-state index contributed by atoms with van der Waals surface area (Å²) in [6, 6.07) is 12.8. The first-order valence-electron chi connectivity index (χ1n) is 7.27. The first-order valence-corrected chi connectivity index (χ1v) is 8.15. The average Bonchev–Trinajstić information content (AvgIpc) is 3.21. The normalized spacial score (nSPS) is 11.0. The standard InChI is InChI=1S/C18H12N2O3S/c1-10-2-4-11(5-3-10)17-19-14(9-24-17)16-13-8-12(18(21)22)6-7-15(13)23-20-16/h2-9H,1H3,(H,21,22). The van der Waals surface area contributed by atoms with Crippen LogP contribution < -0.4 is 0 Å². The minimum atomic E-state index is -0.984. The number of aromatic nitrogens is 2. The van der Waals surface area contributed by atoms with Crippen molar-refractivity contribution in [3.63, 3.8) is 0 Å². The van der Waals surface area contributed by atoms with Gasteiger partial charge in [0.25, 0.3) is 0 Å². The van der Waals surface area contributed by atoms with Crippen molar-refractivity contribution in [2.45, 2.75) is 6.92 Å². The second kappa shape index (κ2) is 5.58. The summed E-state index contributed by atoms with van der Waals surface area (Å²) in [5.74, 6) is -0.984. The third kappa shape index (κ3) is 2.47. The lowest BCUT2D eigenvalue weighted by molar-refractivity contribution is 0.0697. The van der Waals surface area contributed by atoms with Crippen LogP contribution in [0.15, 0.2) is 52.4 Å². The van der Waals surface area contributed by atoms with Crippen LogP contribution in [0, 0.1) is 6.92 Å². The summed E-state index contributed by atoms with van der Waals surface area (Å²) < 4.78 is 5.29. The van der Waals surface area contributed by atoms with Crippen molar-refractivity contribution in [3.8, 4) is 22.0 Å². The number of thiazole rings is 1. The molecule has 24 heavy (non-hydrogen) atoms. The molecule has 0 atom stereocenters. The van der Waals surface area contributed by atoms with Gasteiger partial charge in [-0.15, -0.1) is 11.3 Å². The summed E-state index contributed by atoms with van der Waals surface area (Å²) in [6.45, 7) is 2.04. The maximum Gasteiger partial charge on any atom is 0.335 e. The first kappa shape index (κ1) is 14.6. The molecule has 0 saturated heterocycles. The van der Waals surface area contributed by atoms with Crippen LogP contribution in [0.4, 0.5) is 0 Å². The van der Waals surface area contributed by atoms with Gasteiger partial charge in [-0.25, -0.2) is 9.78 Å². The van der Waals surface area contributed by atoms with Gasteiger partial charge in [0.2, 0.25) is 0 Å². The highest BCUT2D eigenvalue weighted by atomic mass is 32.1. The van der Waals surface area contributed by atoms with E-state index < -0.39 is 5.97 Å². The molecule has 0 bridgehead atoms. The Kier molecular flexibility index (Phi) is 3.39. The number of hydrogen-bond acceptors (Lipinski definition) is 5. The van der Waals surface area contributed by atoms with Crippen LogP contribution in [0.3, 0.4) is 0 Å². The molecule has 1 N–H and O–H groups in total. The number of carboxylic acid groups (broad SMARTS) is 1. The summed E-state index contributed by atoms with van der Waals surface area (Å²) in [5, 5.41) is 16.7. The number of hydrogen-bond donors (Lipinski definition) is 1. The van der Waals surface area contributed by atoms with Gasteiger partial charge >= 0.3 is 5.97 Å². The van der Waals surface area contributed by atoms with Gasteiger partial charge in [-0.05, 0) is 25.1 Å². The highest BCUT2D eigenvalue weighted by molar-refractivity contribution is 7.13. The fourth-order valence-corrected chi connectivity index (χ4v) is 3.28. The molecule has 118 valence electrons. The second-order valence-corrected chi connectivity index (χ2v) is 6.31. The van der Waals surface area contributed by atoms with Crippen molar-refractivity contribution < 1.29 is 14.4 Å². The van der Waals surface area contributed by atoms with E-state index in [9.17, 15) is 4.79 Å². The molecule has 0 spiro atoms. The van der Waals surface area contributed by atoms with Crippen LogP contribution >= 0.6 is 11.3 Å². The van der Waals surface area contributed by atoms with E-state index in [-0.39, 0.29) is 5.56 Å². The maximum absolute atomic E-state index is 11.2. The van der Waals surface area contributed by atoms with E-state index in [0.29, 0.717) is 22.4 Å². The van der Waals surface area contributed by atoms with Gasteiger partial charge in [0.1, 0.15) is 16.4 Å². The van der Waals surface area contributed by atoms with E-state index in [1.165, 1.54) is 23.0 Å². The van der Waals surface area contributed by atoms with Gasteiger partial charge in [0, 0.05) is 10.9 Å². The highest BCUT2D eigenvalue weighted by Crippen LogP contribution is 2.32. The lowest BCUT2D eigenvalue weighted by Crippen LogP contribution is -1.94. The molecule has 2 aromatic heterocycles. The number of aryl methyl sites for hydroxylation is 1. The molecule has 0 unspecified atom stereocenters. The molecule has 5 nitrogen and oxygen atoms in total. The molecule has 0 aliphatic carbocycles. The van der Waals surface area contributed by atoms with Crippen LogP contribution in [-0.4, -0.2) is 21.2 Å². The second-order valence-electron chi connectivity index (χ2n) is 5.45. The van der Waals surface area contributed by atoms with Gasteiger partial charge in [0.15, 0.2) is 5.58 Å². The number of nitrogens with zero attached hydrogens (tertiary/aromatic N) is 2. The highest BCUT2D eigenvalue weighted by Gasteiger charge is 2.16. The summed E-state index contributed by atoms with van der Waals surface area (Å²) in [7, 11) is 0. The van der Waals surface area contributed by atoms with Gasteiger partial charge in [-0.3, -0.25) is 0 Å². The minimum Gasteiger partial charge on any atom is -0.478 e. The Labute approximate surface area is 141 Å². The van der Waals surface area contributed by atoms with E-state index in [4.69, 9.17) is 9.63 Å². The van der Waals surface area contributed by atoms with E-state index in [1.54, 1.807) is 12.1 Å². The SMILES string of the molecule is Cc1ccc(-c2nc(-c3noc4ccc(C(=O)O)cc34)cs2)cc1. The Morgan fingerprint density at radius 3 is 2.71 bits per heavy atom. The number of carbonyl (C=O) groups is 1. The molecule has 0 amide bonds. The summed E-state index contributed by atoms with van der Waals surface area (Å²) in [4.78, 5) is 15.8. The Balaban J connectivity index is 1.79. The fourth-order valence-electron chi connectivity index (χ4n) is 2.47. The van der Waals surface area contributed by atoms with Gasteiger partial charge in [-0.1, -0.05) is 35.0 Å². The monoisotopic (exact) mass is 336 g/mol. The van der Waals surface area contributed by atoms with Gasteiger partial charge in [-0.2, -0.15) is 0 Å². The van der Waals surface area contributed by atoms with Crippen molar-refractivity contribution in [2.75, 3.05) is 0 Å². The number of carboxylic acids is 1. The van der Waals surface area contributed by atoms with Crippen LogP contribution in [0.25, 0.3) is 32.9 Å². The third-order valence-electron chi connectivity index (χ3n) is 3.76. The lowest BCUT2D eigenvalue weighted by Gasteiger charge is -1.97. The van der Waals surface area contributed by atoms with Crippen molar-refractivity contribution in [1.82, 2.24) is 10.1 Å². The summed E-state index contributed by atoms with van der Waals surface area (Å²) >= 11 is 1.52. The van der Waals surface area contributed by atoms with Crippen LogP contribution in [-0.2, 0) is 0 Å². The maximum atomic E-state index is 11.2. The molecule has 2 heterocycles. The number of aromatic carboxylic acids is 1. The smallest absolute Gasteiger partial charge is 0.335 e. The lowest BCUT2D eigenvalue weighted by atomic mass is 10.1. The van der Waals surface area contributed by atoms with Gasteiger partial charge < -0.3 is 9.63 Å². The van der Waals surface area contributed by atoms with Crippen molar-refractivity contribution in [1.29, 1.82) is 0 Å². The van der Waals surface area contributed by atoms with Crippen LogP contribution in [0.5, 0.6) is 0 Å². The largest absolute Gasteiger partial charge is 0.478 e. The third-order valence-corrected chi connectivity index (χ3v) is 4.65. The average molecular weight is 336 g/mol. The summed E-state index contributed by atoms with van der Waals surface area (Å²) in [5.41, 5.74) is 4.20. The zero-order chi connectivity index (χ0) is 16.7. The Bertz CT molecular complexity index is 1050. The topological polar surface area (TPSA) is 76.2 Å².